The highest BCUT2D eigenvalue weighted by atomic mass is 32.1. The van der Waals surface area contributed by atoms with Crippen molar-refractivity contribution in [2.75, 3.05) is 5.75 Å². The third kappa shape index (κ3) is 4.42. The summed E-state index contributed by atoms with van der Waals surface area (Å²) in [6.45, 7) is 4.27. The Morgan fingerprint density at radius 1 is 0.850 bits per heavy atom. The van der Waals surface area contributed by atoms with Crippen molar-refractivity contribution in [3.05, 3.63) is 70.8 Å². The summed E-state index contributed by atoms with van der Waals surface area (Å²) in [5.41, 5.74) is 5.53. The summed E-state index contributed by atoms with van der Waals surface area (Å²) in [5.74, 6) is 1.50. The van der Waals surface area contributed by atoms with Gasteiger partial charge in [0.05, 0.1) is 0 Å². The van der Waals surface area contributed by atoms with Gasteiger partial charge >= 0.3 is 0 Å². The van der Waals surface area contributed by atoms with E-state index in [1.165, 1.54) is 35.1 Å². The van der Waals surface area contributed by atoms with Crippen LogP contribution in [0, 0.1) is 13.8 Å². The highest BCUT2D eigenvalue weighted by Crippen LogP contribution is 2.24. The van der Waals surface area contributed by atoms with Gasteiger partial charge in [0, 0.05) is 0 Å². The standard InChI is InChI=1S/C19H24S/c1-15-6-10-17(11-7-15)4-3-5-19(14-20)18-12-8-16(2)9-13-18/h6-13,19-20H,3-5,14H2,1-2H3. The molecule has 106 valence electrons. The van der Waals surface area contributed by atoms with Gasteiger partial charge in [0.1, 0.15) is 0 Å². The summed E-state index contributed by atoms with van der Waals surface area (Å²) in [7, 11) is 0. The predicted octanol–water partition coefficient (Wildman–Crippen LogP) is 5.34. The van der Waals surface area contributed by atoms with E-state index in [4.69, 9.17) is 0 Å². The van der Waals surface area contributed by atoms with Crippen LogP contribution in [-0.2, 0) is 6.42 Å². The first-order valence-electron chi connectivity index (χ1n) is 7.42. The quantitative estimate of drug-likeness (QED) is 0.680. The monoisotopic (exact) mass is 284 g/mol. The second-order valence-electron chi connectivity index (χ2n) is 5.67. The van der Waals surface area contributed by atoms with Crippen LogP contribution in [0.2, 0.25) is 0 Å². The highest BCUT2D eigenvalue weighted by molar-refractivity contribution is 7.80. The third-order valence-corrected chi connectivity index (χ3v) is 4.35. The predicted molar refractivity (Wildman–Crippen MR) is 91.9 cm³/mol. The van der Waals surface area contributed by atoms with Crippen LogP contribution in [0.3, 0.4) is 0 Å². The van der Waals surface area contributed by atoms with Crippen LogP contribution in [0.15, 0.2) is 48.5 Å². The molecule has 0 saturated carbocycles. The maximum Gasteiger partial charge on any atom is -0.00289 e. The fourth-order valence-corrected chi connectivity index (χ4v) is 2.90. The molecule has 0 bridgehead atoms. The molecule has 0 amide bonds. The molecule has 20 heavy (non-hydrogen) atoms. The van der Waals surface area contributed by atoms with Gasteiger partial charge in [0.15, 0.2) is 0 Å². The molecular weight excluding hydrogens is 260 g/mol. The smallest absolute Gasteiger partial charge is 0.00289 e. The summed E-state index contributed by atoms with van der Waals surface area (Å²) in [6.07, 6.45) is 3.60. The van der Waals surface area contributed by atoms with E-state index in [0.717, 1.165) is 12.2 Å². The summed E-state index contributed by atoms with van der Waals surface area (Å²) >= 11 is 4.53. The van der Waals surface area contributed by atoms with Crippen LogP contribution in [0.5, 0.6) is 0 Å². The number of hydrogen-bond donors (Lipinski definition) is 1. The molecule has 0 fully saturated rings. The lowest BCUT2D eigenvalue weighted by Crippen LogP contribution is -2.01. The van der Waals surface area contributed by atoms with Crippen molar-refractivity contribution in [3.63, 3.8) is 0 Å². The molecule has 1 heteroatoms. The van der Waals surface area contributed by atoms with Crippen molar-refractivity contribution >= 4 is 12.6 Å². The fourth-order valence-electron chi connectivity index (χ4n) is 2.51. The van der Waals surface area contributed by atoms with E-state index < -0.39 is 0 Å². The van der Waals surface area contributed by atoms with E-state index >= 15 is 0 Å². The van der Waals surface area contributed by atoms with Crippen molar-refractivity contribution in [1.82, 2.24) is 0 Å². The second-order valence-corrected chi connectivity index (χ2v) is 6.03. The van der Waals surface area contributed by atoms with Gasteiger partial charge in [-0.05, 0) is 55.9 Å². The zero-order valence-corrected chi connectivity index (χ0v) is 13.4. The molecule has 0 radical (unpaired) electrons. The summed E-state index contributed by atoms with van der Waals surface area (Å²) in [4.78, 5) is 0. The Balaban J connectivity index is 1.87. The maximum absolute atomic E-state index is 4.53. The van der Waals surface area contributed by atoms with Crippen molar-refractivity contribution in [1.29, 1.82) is 0 Å². The molecule has 0 aliphatic rings. The molecule has 0 spiro atoms. The lowest BCUT2D eigenvalue weighted by Gasteiger charge is -2.15. The molecular formula is C19H24S. The minimum absolute atomic E-state index is 0.574. The minimum atomic E-state index is 0.574. The van der Waals surface area contributed by atoms with E-state index in [-0.39, 0.29) is 0 Å². The normalized spacial score (nSPS) is 12.3. The number of hydrogen-bond acceptors (Lipinski definition) is 1. The van der Waals surface area contributed by atoms with E-state index in [0.29, 0.717) is 5.92 Å². The molecule has 0 aliphatic heterocycles. The van der Waals surface area contributed by atoms with Crippen LogP contribution in [0.25, 0.3) is 0 Å². The van der Waals surface area contributed by atoms with Gasteiger partial charge in [0.2, 0.25) is 0 Å². The van der Waals surface area contributed by atoms with Crippen molar-refractivity contribution < 1.29 is 0 Å². The SMILES string of the molecule is Cc1ccc(CCCC(CS)c2ccc(C)cc2)cc1. The minimum Gasteiger partial charge on any atom is -0.179 e. The Bertz CT molecular complexity index is 510. The molecule has 0 aliphatic carbocycles. The largest absolute Gasteiger partial charge is 0.179 e. The number of thiol groups is 1. The zero-order chi connectivity index (χ0) is 14.4. The molecule has 0 heterocycles. The summed E-state index contributed by atoms with van der Waals surface area (Å²) in [5, 5.41) is 0. The molecule has 2 rings (SSSR count). The van der Waals surface area contributed by atoms with Crippen LogP contribution in [-0.4, -0.2) is 5.75 Å². The number of aryl methyl sites for hydroxylation is 3. The first-order chi connectivity index (χ1) is 9.69. The van der Waals surface area contributed by atoms with Crippen LogP contribution in [0.1, 0.15) is 41.0 Å². The molecule has 0 aromatic heterocycles. The molecule has 2 aromatic rings. The van der Waals surface area contributed by atoms with Gasteiger partial charge in [-0.3, -0.25) is 0 Å². The molecule has 1 unspecified atom stereocenters. The molecule has 0 N–H and O–H groups in total. The van der Waals surface area contributed by atoms with Gasteiger partial charge in [-0.2, -0.15) is 12.6 Å². The topological polar surface area (TPSA) is 0 Å². The maximum atomic E-state index is 4.53. The molecule has 0 saturated heterocycles. The van der Waals surface area contributed by atoms with Gasteiger partial charge in [-0.25, -0.2) is 0 Å². The Hall–Kier alpha value is -1.21. The van der Waals surface area contributed by atoms with E-state index in [9.17, 15) is 0 Å². The first-order valence-corrected chi connectivity index (χ1v) is 8.05. The van der Waals surface area contributed by atoms with Crippen LogP contribution < -0.4 is 0 Å². The Labute approximate surface area is 128 Å². The summed E-state index contributed by atoms with van der Waals surface area (Å²) in [6, 6.07) is 17.8. The Morgan fingerprint density at radius 2 is 1.40 bits per heavy atom. The lowest BCUT2D eigenvalue weighted by molar-refractivity contribution is 0.641. The molecule has 0 nitrogen and oxygen atoms in total. The van der Waals surface area contributed by atoms with E-state index in [2.05, 4.69) is 75.0 Å². The van der Waals surface area contributed by atoms with Gasteiger partial charge in [-0.1, -0.05) is 59.7 Å². The Morgan fingerprint density at radius 3 is 1.95 bits per heavy atom. The first kappa shape index (κ1) is 15.2. The Kier molecular flexibility index (Phi) is 5.72. The van der Waals surface area contributed by atoms with Crippen LogP contribution in [0.4, 0.5) is 0 Å². The van der Waals surface area contributed by atoms with E-state index in [1.54, 1.807) is 0 Å². The highest BCUT2D eigenvalue weighted by Gasteiger charge is 2.09. The average Bonchev–Trinajstić information content (AvgIpc) is 2.47. The number of rotatable bonds is 6. The van der Waals surface area contributed by atoms with Crippen molar-refractivity contribution in [3.8, 4) is 0 Å². The van der Waals surface area contributed by atoms with Gasteiger partial charge in [-0.15, -0.1) is 0 Å². The van der Waals surface area contributed by atoms with Crippen LogP contribution >= 0.6 is 12.6 Å². The third-order valence-electron chi connectivity index (χ3n) is 3.91. The zero-order valence-electron chi connectivity index (χ0n) is 12.5. The van der Waals surface area contributed by atoms with Crippen molar-refractivity contribution in [2.45, 2.75) is 39.0 Å². The second kappa shape index (κ2) is 7.54. The lowest BCUT2D eigenvalue weighted by atomic mass is 9.93. The number of benzene rings is 2. The van der Waals surface area contributed by atoms with E-state index in [1.807, 2.05) is 0 Å². The molecule has 1 atom stereocenters. The van der Waals surface area contributed by atoms with Crippen molar-refractivity contribution in [2.24, 2.45) is 0 Å². The fraction of sp³-hybridized carbons (Fsp3) is 0.368. The van der Waals surface area contributed by atoms with Gasteiger partial charge in [0.25, 0.3) is 0 Å². The summed E-state index contributed by atoms with van der Waals surface area (Å²) < 4.78 is 0. The molecule has 2 aromatic carbocycles. The van der Waals surface area contributed by atoms with Gasteiger partial charge < -0.3 is 0 Å². The average molecular weight is 284 g/mol.